The van der Waals surface area contributed by atoms with E-state index in [1.807, 2.05) is 14.0 Å². The maximum atomic E-state index is 5.89. The summed E-state index contributed by atoms with van der Waals surface area (Å²) in [5.74, 6) is 0. The summed E-state index contributed by atoms with van der Waals surface area (Å²) in [4.78, 5) is 2.24. The second-order valence-corrected chi connectivity index (χ2v) is 4.40. The van der Waals surface area contributed by atoms with Crippen molar-refractivity contribution in [3.63, 3.8) is 0 Å². The zero-order valence-electron chi connectivity index (χ0n) is 12.2. The quantitative estimate of drug-likeness (QED) is 0.243. The van der Waals surface area contributed by atoms with Gasteiger partial charge < -0.3 is 16.4 Å². The van der Waals surface area contributed by atoms with Gasteiger partial charge in [-0.3, -0.25) is 21.3 Å². The van der Waals surface area contributed by atoms with E-state index < -0.39 is 0 Å². The molecule has 18 heavy (non-hydrogen) atoms. The molecule has 8 N–H and O–H groups in total. The highest BCUT2D eigenvalue weighted by atomic mass is 15.4. The van der Waals surface area contributed by atoms with Crippen molar-refractivity contribution in [3.05, 3.63) is 0 Å². The molecule has 0 aromatic rings. The smallest absolute Gasteiger partial charge is 0.113 e. The Kier molecular flexibility index (Phi) is 10.5. The summed E-state index contributed by atoms with van der Waals surface area (Å²) in [6.45, 7) is 7.08. The van der Waals surface area contributed by atoms with Crippen molar-refractivity contribution < 1.29 is 0 Å². The van der Waals surface area contributed by atoms with Crippen LogP contribution in [0.1, 0.15) is 20.3 Å². The van der Waals surface area contributed by atoms with Crippen LogP contribution in [-0.4, -0.2) is 57.4 Å². The molecule has 7 heteroatoms. The molecule has 0 rings (SSSR count). The Labute approximate surface area is 111 Å². The first kappa shape index (κ1) is 17.7. The van der Waals surface area contributed by atoms with Crippen LogP contribution in [0, 0.1) is 0 Å². The van der Waals surface area contributed by atoms with E-state index in [4.69, 9.17) is 11.5 Å². The number of hydrogen-bond donors (Lipinski definition) is 6. The second-order valence-electron chi connectivity index (χ2n) is 4.40. The van der Waals surface area contributed by atoms with Crippen LogP contribution in [0.5, 0.6) is 0 Å². The van der Waals surface area contributed by atoms with Crippen LogP contribution in [0.2, 0.25) is 0 Å². The predicted molar refractivity (Wildman–Crippen MR) is 76.5 cm³/mol. The van der Waals surface area contributed by atoms with Gasteiger partial charge in [-0.05, 0) is 27.1 Å². The molecule has 0 radical (unpaired) electrons. The summed E-state index contributed by atoms with van der Waals surface area (Å²) >= 11 is 0. The topological polar surface area (TPSA) is 103 Å². The van der Waals surface area contributed by atoms with Crippen molar-refractivity contribution >= 4 is 0 Å². The fourth-order valence-electron chi connectivity index (χ4n) is 1.38. The number of nitrogens with zero attached hydrogens (tertiary/aromatic N) is 1. The highest BCUT2D eigenvalue weighted by Gasteiger charge is 2.11. The van der Waals surface area contributed by atoms with E-state index in [2.05, 4.69) is 40.1 Å². The summed E-state index contributed by atoms with van der Waals surface area (Å²) in [6.07, 6.45) is 0.376. The van der Waals surface area contributed by atoms with Crippen molar-refractivity contribution in [1.29, 1.82) is 0 Å². The average Bonchev–Trinajstić information content (AvgIpc) is 2.36. The van der Waals surface area contributed by atoms with Crippen LogP contribution in [0.25, 0.3) is 0 Å². The molecular formula is C11H31N7. The lowest BCUT2D eigenvalue weighted by molar-refractivity contribution is 0.270. The Morgan fingerprint density at radius 1 is 1.17 bits per heavy atom. The predicted octanol–water partition coefficient (Wildman–Crippen LogP) is -1.85. The Balaban J connectivity index is 3.81. The van der Waals surface area contributed by atoms with Crippen LogP contribution >= 0.6 is 0 Å². The van der Waals surface area contributed by atoms with Gasteiger partial charge in [-0.15, -0.1) is 0 Å². The number of nitrogens with one attached hydrogen (secondary N) is 4. The molecule has 0 bridgehead atoms. The lowest BCUT2D eigenvalue weighted by atomic mass is 10.4. The summed E-state index contributed by atoms with van der Waals surface area (Å²) in [5, 5.41) is 12.7. The first-order chi connectivity index (χ1) is 8.53. The van der Waals surface area contributed by atoms with Gasteiger partial charge in [0.2, 0.25) is 0 Å². The monoisotopic (exact) mass is 261 g/mol. The van der Waals surface area contributed by atoms with Gasteiger partial charge in [-0.1, -0.05) is 13.8 Å². The Morgan fingerprint density at radius 3 is 2.33 bits per heavy atom. The van der Waals surface area contributed by atoms with E-state index in [1.165, 1.54) is 0 Å². The zero-order chi connectivity index (χ0) is 14.0. The molecule has 0 aliphatic carbocycles. The minimum Gasteiger partial charge on any atom is -0.316 e. The first-order valence-electron chi connectivity index (χ1n) is 6.65. The molecule has 0 spiro atoms. The fourth-order valence-corrected chi connectivity index (χ4v) is 1.38. The molecule has 0 saturated carbocycles. The number of hydrogen-bond acceptors (Lipinski definition) is 7. The van der Waals surface area contributed by atoms with Crippen LogP contribution in [0.4, 0.5) is 0 Å². The van der Waals surface area contributed by atoms with Gasteiger partial charge in [0.1, 0.15) is 12.6 Å². The van der Waals surface area contributed by atoms with Gasteiger partial charge in [-0.2, -0.15) is 0 Å². The summed E-state index contributed by atoms with van der Waals surface area (Å²) < 4.78 is 0. The van der Waals surface area contributed by atoms with Gasteiger partial charge in [-0.25, -0.2) is 0 Å². The third-order valence-electron chi connectivity index (χ3n) is 2.85. The van der Waals surface area contributed by atoms with Crippen molar-refractivity contribution in [2.75, 3.05) is 33.7 Å². The largest absolute Gasteiger partial charge is 0.316 e. The lowest BCUT2D eigenvalue weighted by Gasteiger charge is -2.27. The molecule has 0 aliphatic heterocycles. The van der Waals surface area contributed by atoms with Crippen LogP contribution in [0.3, 0.4) is 0 Å². The number of nitrogens with two attached hydrogens (primary N) is 2. The van der Waals surface area contributed by atoms with Gasteiger partial charge >= 0.3 is 0 Å². The highest BCUT2D eigenvalue weighted by Crippen LogP contribution is 1.82. The molecule has 0 aromatic heterocycles. The molecule has 0 heterocycles. The Bertz CT molecular complexity index is 190. The lowest BCUT2D eigenvalue weighted by Crippen LogP contribution is -2.64. The van der Waals surface area contributed by atoms with E-state index >= 15 is 0 Å². The normalized spacial score (nSPS) is 16.8. The fraction of sp³-hybridized carbons (Fsp3) is 1.00. The maximum Gasteiger partial charge on any atom is 0.113 e. The molecule has 2 unspecified atom stereocenters. The third-order valence-corrected chi connectivity index (χ3v) is 2.85. The van der Waals surface area contributed by atoms with Crippen molar-refractivity contribution in [2.45, 2.75) is 39.0 Å². The van der Waals surface area contributed by atoms with Crippen molar-refractivity contribution in [2.24, 2.45) is 11.5 Å². The van der Waals surface area contributed by atoms with Crippen molar-refractivity contribution in [1.82, 2.24) is 26.2 Å². The first-order valence-corrected chi connectivity index (χ1v) is 6.65. The number of likely N-dealkylation sites (N-methyl/N-ethyl adjacent to an activating group) is 1. The Morgan fingerprint density at radius 2 is 1.83 bits per heavy atom. The van der Waals surface area contributed by atoms with E-state index in [-0.39, 0.29) is 18.7 Å². The average molecular weight is 261 g/mol. The zero-order valence-corrected chi connectivity index (χ0v) is 12.2. The molecule has 3 atom stereocenters. The van der Waals surface area contributed by atoms with E-state index in [1.54, 1.807) is 0 Å². The standard InChI is InChI=1S/C11H31N7/c1-5-9(12)16-10(13)17-11(14-3)15-7-8-18(4)6-2/h9-11,14-17H,5-8,12-13H2,1-4H3/t9?,10-,11?/m0/s1. The van der Waals surface area contributed by atoms with Crippen LogP contribution < -0.4 is 32.7 Å². The van der Waals surface area contributed by atoms with Crippen LogP contribution in [-0.2, 0) is 0 Å². The molecule has 110 valence electrons. The second kappa shape index (κ2) is 10.6. The van der Waals surface area contributed by atoms with Gasteiger partial charge in [0.05, 0.1) is 6.17 Å². The SMILES string of the molecule is CCC(N)N[C@H](N)NC(NC)NCCN(C)CC. The molecule has 0 aliphatic rings. The minimum absolute atomic E-state index is 0.0400. The van der Waals surface area contributed by atoms with E-state index in [9.17, 15) is 0 Å². The Hall–Kier alpha value is -0.280. The molecule has 0 amide bonds. The van der Waals surface area contributed by atoms with Gasteiger partial charge in [0.15, 0.2) is 0 Å². The summed E-state index contributed by atoms with van der Waals surface area (Å²) in [6, 6.07) is 0. The third kappa shape index (κ3) is 8.76. The molecule has 0 saturated heterocycles. The maximum absolute atomic E-state index is 5.89. The molecule has 7 nitrogen and oxygen atoms in total. The van der Waals surface area contributed by atoms with Crippen molar-refractivity contribution in [3.8, 4) is 0 Å². The van der Waals surface area contributed by atoms with Gasteiger partial charge in [0, 0.05) is 13.1 Å². The molecule has 0 aromatic carbocycles. The summed E-state index contributed by atoms with van der Waals surface area (Å²) in [7, 11) is 3.97. The summed E-state index contributed by atoms with van der Waals surface area (Å²) in [5.41, 5.74) is 11.7. The highest BCUT2D eigenvalue weighted by molar-refractivity contribution is 4.67. The van der Waals surface area contributed by atoms with E-state index in [0.29, 0.717) is 0 Å². The van der Waals surface area contributed by atoms with Crippen LogP contribution in [0.15, 0.2) is 0 Å². The molecule has 0 fully saturated rings. The van der Waals surface area contributed by atoms with E-state index in [0.717, 1.165) is 26.1 Å². The molecular weight excluding hydrogens is 230 g/mol. The van der Waals surface area contributed by atoms with Gasteiger partial charge in [0.25, 0.3) is 0 Å². The minimum atomic E-state index is -0.339. The number of rotatable bonds is 11.